The number of carbonyl (C=O) groups excluding carboxylic acids is 2. The van der Waals surface area contributed by atoms with Crippen molar-refractivity contribution in [1.29, 1.82) is 0 Å². The van der Waals surface area contributed by atoms with Crippen LogP contribution < -0.4 is 0 Å². The van der Waals surface area contributed by atoms with E-state index in [0.717, 1.165) is 0 Å². The fraction of sp³-hybridized carbons (Fsp3) is 0.556. The van der Waals surface area contributed by atoms with E-state index in [2.05, 4.69) is 0 Å². The maximum Gasteiger partial charge on any atom is 0.332 e. The molecular weight excluding hydrogens is 170 g/mol. The topological polar surface area (TPSA) is 46.6 Å². The molecule has 13 heavy (non-hydrogen) atoms. The second-order valence-electron chi connectivity index (χ2n) is 2.83. The van der Waals surface area contributed by atoms with E-state index in [-0.39, 0.29) is 11.9 Å². The van der Waals surface area contributed by atoms with E-state index in [1.165, 1.54) is 6.08 Å². The van der Waals surface area contributed by atoms with Crippen molar-refractivity contribution in [1.82, 2.24) is 4.90 Å². The van der Waals surface area contributed by atoms with Gasteiger partial charge >= 0.3 is 5.97 Å². The maximum absolute atomic E-state index is 11.0. The minimum absolute atomic E-state index is 0.0676. The van der Waals surface area contributed by atoms with Crippen LogP contribution in [0.15, 0.2) is 11.8 Å². The van der Waals surface area contributed by atoms with Crippen LogP contribution in [-0.4, -0.2) is 29.9 Å². The Balaban J connectivity index is 2.50. The molecule has 0 atom stereocenters. The maximum atomic E-state index is 11.0. The fourth-order valence-electron chi connectivity index (χ4n) is 1.12. The van der Waals surface area contributed by atoms with E-state index in [1.807, 2.05) is 0 Å². The van der Waals surface area contributed by atoms with Crippen LogP contribution in [0.3, 0.4) is 0 Å². The molecule has 1 amide bonds. The van der Waals surface area contributed by atoms with E-state index in [1.54, 1.807) is 18.7 Å². The summed E-state index contributed by atoms with van der Waals surface area (Å²) in [4.78, 5) is 23.5. The van der Waals surface area contributed by atoms with Gasteiger partial charge in [-0.2, -0.15) is 0 Å². The molecule has 0 spiro atoms. The van der Waals surface area contributed by atoms with Crippen LogP contribution >= 0.6 is 0 Å². The molecule has 1 fully saturated rings. The fourth-order valence-corrected chi connectivity index (χ4v) is 1.12. The largest absolute Gasteiger partial charge is 0.463 e. The average molecular weight is 183 g/mol. The summed E-state index contributed by atoms with van der Waals surface area (Å²) >= 11 is 0. The molecule has 1 heterocycles. The van der Waals surface area contributed by atoms with Crippen molar-refractivity contribution < 1.29 is 14.3 Å². The minimum Gasteiger partial charge on any atom is -0.463 e. The van der Waals surface area contributed by atoms with Crippen LogP contribution in [0.1, 0.15) is 20.3 Å². The number of rotatable bonds is 3. The van der Waals surface area contributed by atoms with Crippen LogP contribution in [-0.2, 0) is 14.3 Å². The minimum atomic E-state index is -0.389. The van der Waals surface area contributed by atoms with Gasteiger partial charge in [0.05, 0.1) is 6.61 Å². The Morgan fingerprint density at radius 1 is 1.69 bits per heavy atom. The molecule has 0 unspecified atom stereocenters. The lowest BCUT2D eigenvalue weighted by atomic mass is 10.2. The van der Waals surface area contributed by atoms with Crippen LogP contribution in [0, 0.1) is 0 Å². The number of carbonyl (C=O) groups is 2. The second kappa shape index (κ2) is 4.07. The molecule has 0 bridgehead atoms. The molecule has 1 aliphatic rings. The van der Waals surface area contributed by atoms with Crippen LogP contribution in [0.4, 0.5) is 0 Å². The molecule has 72 valence electrons. The van der Waals surface area contributed by atoms with E-state index >= 15 is 0 Å². The molecule has 0 aromatic carbocycles. The third kappa shape index (κ3) is 2.31. The highest BCUT2D eigenvalue weighted by molar-refractivity contribution is 5.87. The SMILES string of the molecule is CCOC(=O)/C=C(/C)N1CCC1=O. The molecule has 0 aliphatic carbocycles. The number of amides is 1. The highest BCUT2D eigenvalue weighted by Crippen LogP contribution is 2.15. The number of hydrogen-bond acceptors (Lipinski definition) is 3. The number of ether oxygens (including phenoxy) is 1. The summed E-state index contributed by atoms with van der Waals surface area (Å²) < 4.78 is 4.71. The Morgan fingerprint density at radius 3 is 2.77 bits per heavy atom. The van der Waals surface area contributed by atoms with Gasteiger partial charge < -0.3 is 9.64 Å². The first-order chi connectivity index (χ1) is 6.15. The van der Waals surface area contributed by atoms with Crippen molar-refractivity contribution in [3.8, 4) is 0 Å². The third-order valence-electron chi connectivity index (χ3n) is 1.89. The predicted octanol–water partition coefficient (Wildman–Crippen LogP) is 0.686. The van der Waals surface area contributed by atoms with Crippen molar-refractivity contribution in [2.75, 3.05) is 13.2 Å². The van der Waals surface area contributed by atoms with E-state index in [9.17, 15) is 9.59 Å². The summed E-state index contributed by atoms with van der Waals surface area (Å²) in [5, 5.41) is 0. The van der Waals surface area contributed by atoms with Gasteiger partial charge in [0.15, 0.2) is 0 Å². The number of hydrogen-bond donors (Lipinski definition) is 0. The van der Waals surface area contributed by atoms with Gasteiger partial charge in [0.25, 0.3) is 0 Å². The predicted molar refractivity (Wildman–Crippen MR) is 46.7 cm³/mol. The van der Waals surface area contributed by atoms with Gasteiger partial charge in [0, 0.05) is 24.7 Å². The van der Waals surface area contributed by atoms with Gasteiger partial charge in [-0.05, 0) is 13.8 Å². The zero-order valence-corrected chi connectivity index (χ0v) is 7.87. The first-order valence-electron chi connectivity index (χ1n) is 4.30. The Morgan fingerprint density at radius 2 is 2.38 bits per heavy atom. The first kappa shape index (κ1) is 9.77. The molecule has 4 heteroatoms. The Bertz CT molecular complexity index is 258. The van der Waals surface area contributed by atoms with Gasteiger partial charge in [0.2, 0.25) is 5.91 Å². The lowest BCUT2D eigenvalue weighted by molar-refractivity contribution is -0.138. The molecule has 1 aliphatic heterocycles. The van der Waals surface area contributed by atoms with Crippen molar-refractivity contribution in [3.05, 3.63) is 11.8 Å². The Labute approximate surface area is 77.2 Å². The second-order valence-corrected chi connectivity index (χ2v) is 2.83. The quantitative estimate of drug-likeness (QED) is 0.367. The Kier molecular flexibility index (Phi) is 3.06. The van der Waals surface area contributed by atoms with Crippen LogP contribution in [0.25, 0.3) is 0 Å². The number of nitrogens with zero attached hydrogens (tertiary/aromatic N) is 1. The highest BCUT2D eigenvalue weighted by atomic mass is 16.5. The summed E-state index contributed by atoms with van der Waals surface area (Å²) in [6.45, 7) is 4.54. The summed E-state index contributed by atoms with van der Waals surface area (Å²) in [7, 11) is 0. The molecule has 0 aromatic rings. The summed E-state index contributed by atoms with van der Waals surface area (Å²) in [5.74, 6) is -0.322. The molecule has 0 aromatic heterocycles. The van der Waals surface area contributed by atoms with Crippen molar-refractivity contribution in [2.45, 2.75) is 20.3 Å². The van der Waals surface area contributed by atoms with Gasteiger partial charge in [0.1, 0.15) is 0 Å². The zero-order valence-electron chi connectivity index (χ0n) is 7.87. The number of likely N-dealkylation sites (tertiary alicyclic amines) is 1. The van der Waals surface area contributed by atoms with Crippen molar-refractivity contribution in [3.63, 3.8) is 0 Å². The monoisotopic (exact) mass is 183 g/mol. The van der Waals surface area contributed by atoms with E-state index in [4.69, 9.17) is 4.74 Å². The molecule has 4 nitrogen and oxygen atoms in total. The van der Waals surface area contributed by atoms with E-state index < -0.39 is 0 Å². The Hall–Kier alpha value is -1.32. The first-order valence-corrected chi connectivity index (χ1v) is 4.30. The molecule has 0 saturated carbocycles. The summed E-state index contributed by atoms with van der Waals surface area (Å²) in [5.41, 5.74) is 0.662. The molecular formula is C9H13NO3. The van der Waals surface area contributed by atoms with Crippen molar-refractivity contribution >= 4 is 11.9 Å². The average Bonchev–Trinajstić information content (AvgIpc) is 2.01. The van der Waals surface area contributed by atoms with Crippen LogP contribution in [0.5, 0.6) is 0 Å². The smallest absolute Gasteiger partial charge is 0.332 e. The standard InChI is InChI=1S/C9H13NO3/c1-3-13-9(12)6-7(2)10-5-4-8(10)11/h6H,3-5H2,1-2H3/b7-6-. The highest BCUT2D eigenvalue weighted by Gasteiger charge is 2.25. The summed E-state index contributed by atoms with van der Waals surface area (Å²) in [6, 6.07) is 0. The van der Waals surface area contributed by atoms with Gasteiger partial charge in [-0.25, -0.2) is 4.79 Å². The number of allylic oxidation sites excluding steroid dienone is 1. The van der Waals surface area contributed by atoms with Crippen molar-refractivity contribution in [2.24, 2.45) is 0 Å². The van der Waals surface area contributed by atoms with Gasteiger partial charge in [-0.3, -0.25) is 4.79 Å². The van der Waals surface area contributed by atoms with Gasteiger partial charge in [-0.1, -0.05) is 0 Å². The summed E-state index contributed by atoms with van der Waals surface area (Å²) in [6.07, 6.45) is 1.93. The third-order valence-corrected chi connectivity index (χ3v) is 1.89. The normalized spacial score (nSPS) is 16.9. The lowest BCUT2D eigenvalue weighted by Gasteiger charge is -2.30. The number of esters is 1. The molecule has 1 saturated heterocycles. The lowest BCUT2D eigenvalue weighted by Crippen LogP contribution is -2.41. The van der Waals surface area contributed by atoms with E-state index in [0.29, 0.717) is 25.3 Å². The molecule has 1 rings (SSSR count). The molecule has 0 N–H and O–H groups in total. The van der Waals surface area contributed by atoms with Crippen LogP contribution in [0.2, 0.25) is 0 Å². The van der Waals surface area contributed by atoms with Gasteiger partial charge in [-0.15, -0.1) is 0 Å². The molecule has 0 radical (unpaired) electrons. The zero-order chi connectivity index (χ0) is 9.84. The number of β-lactam (4-membered cyclic amide) rings is 1.